The highest BCUT2D eigenvalue weighted by Gasteiger charge is 2.54. The Balaban J connectivity index is 0.712. The molecule has 58 heavy (non-hydrogen) atoms. The van der Waals surface area contributed by atoms with E-state index in [0.29, 0.717) is 35.5 Å². The summed E-state index contributed by atoms with van der Waals surface area (Å²) in [5.41, 5.74) is 1.16. The van der Waals surface area contributed by atoms with Crippen LogP contribution in [-0.2, 0) is 9.59 Å². The molecular weight excluding hydrogens is 769 g/mol. The minimum absolute atomic E-state index is 0.00679. The van der Waals surface area contributed by atoms with E-state index < -0.39 is 35.5 Å². The van der Waals surface area contributed by atoms with Gasteiger partial charge in [-0.05, 0) is 81.3 Å². The molecule has 1 unspecified atom stereocenters. The van der Waals surface area contributed by atoms with Crippen LogP contribution in [0.1, 0.15) is 88.1 Å². The van der Waals surface area contributed by atoms with Gasteiger partial charge in [0.25, 0.3) is 17.7 Å². The van der Waals surface area contributed by atoms with Crippen LogP contribution in [0, 0.1) is 22.6 Å². The lowest BCUT2D eigenvalue weighted by Crippen LogP contribution is -2.68. The molecule has 300 valence electrons. The molecule has 9 rings (SSSR count). The Morgan fingerprint density at radius 1 is 0.914 bits per heavy atom. The maximum absolute atomic E-state index is 15.4. The second-order valence-electron chi connectivity index (χ2n) is 16.3. The highest BCUT2D eigenvalue weighted by atomic mass is 35.5. The minimum atomic E-state index is -1.10. The van der Waals surface area contributed by atoms with E-state index >= 15 is 4.39 Å². The molecule has 1 spiro atoms. The van der Waals surface area contributed by atoms with Gasteiger partial charge in [0.05, 0.1) is 33.5 Å². The molecule has 15 nitrogen and oxygen atoms in total. The van der Waals surface area contributed by atoms with E-state index in [9.17, 15) is 24.0 Å². The first-order chi connectivity index (χ1) is 28.0. The van der Waals surface area contributed by atoms with Crippen LogP contribution < -0.4 is 25.2 Å². The second-order valence-corrected chi connectivity index (χ2v) is 16.7. The molecule has 2 aliphatic carbocycles. The zero-order valence-electron chi connectivity index (χ0n) is 31.6. The lowest BCUT2D eigenvalue weighted by molar-refractivity contribution is -0.136. The molecule has 17 heteroatoms. The van der Waals surface area contributed by atoms with Crippen LogP contribution in [0.5, 0.6) is 5.75 Å². The molecule has 2 aromatic carbocycles. The average Bonchev–Trinajstić information content (AvgIpc) is 3.42. The van der Waals surface area contributed by atoms with Crippen LogP contribution in [-0.4, -0.2) is 113 Å². The van der Waals surface area contributed by atoms with Crippen LogP contribution in [0.15, 0.2) is 42.5 Å². The van der Waals surface area contributed by atoms with Gasteiger partial charge < -0.3 is 19.9 Å². The van der Waals surface area contributed by atoms with Gasteiger partial charge in [0, 0.05) is 69.3 Å². The molecule has 5 amide bonds. The number of carbonyl (C=O) groups excluding carboxylic acids is 5. The summed E-state index contributed by atoms with van der Waals surface area (Å²) < 4.78 is 21.5. The first kappa shape index (κ1) is 37.9. The number of hydrogen-bond donors (Lipinski definition) is 2. The number of rotatable bonds is 8. The molecule has 3 aromatic rings. The molecule has 6 aliphatic rings. The number of piperidine rings is 1. The third-order valence-electron chi connectivity index (χ3n) is 12.6. The summed E-state index contributed by atoms with van der Waals surface area (Å²) in [6, 6.07) is 12.5. The van der Waals surface area contributed by atoms with Crippen LogP contribution in [0.3, 0.4) is 0 Å². The van der Waals surface area contributed by atoms with Gasteiger partial charge in [0.15, 0.2) is 11.5 Å². The number of aromatic nitrogens is 2. The van der Waals surface area contributed by atoms with Gasteiger partial charge in [-0.15, -0.1) is 10.2 Å². The van der Waals surface area contributed by atoms with Gasteiger partial charge in [-0.25, -0.2) is 4.39 Å². The van der Waals surface area contributed by atoms with E-state index in [2.05, 4.69) is 30.6 Å². The van der Waals surface area contributed by atoms with Crippen LogP contribution >= 0.6 is 11.6 Å². The third-order valence-corrected chi connectivity index (χ3v) is 13.0. The maximum atomic E-state index is 15.4. The number of nitrogens with one attached hydrogen (secondary N) is 2. The predicted molar refractivity (Wildman–Crippen MR) is 207 cm³/mol. The summed E-state index contributed by atoms with van der Waals surface area (Å²) in [7, 11) is 0. The maximum Gasteiger partial charge on any atom is 0.272 e. The van der Waals surface area contributed by atoms with Crippen molar-refractivity contribution in [3.63, 3.8) is 0 Å². The fraction of sp³-hybridized carbons (Fsp3) is 0.463. The van der Waals surface area contributed by atoms with Gasteiger partial charge >= 0.3 is 0 Å². The molecule has 1 aromatic heterocycles. The van der Waals surface area contributed by atoms with Gasteiger partial charge in [-0.3, -0.25) is 39.1 Å². The van der Waals surface area contributed by atoms with E-state index in [4.69, 9.17) is 21.6 Å². The number of nitriles is 1. The molecule has 0 bridgehead atoms. The Hall–Kier alpha value is -5.66. The van der Waals surface area contributed by atoms with E-state index in [1.807, 2.05) is 17.0 Å². The molecule has 0 radical (unpaired) electrons. The average molecular weight is 810 g/mol. The number of nitrogens with zero attached hydrogens (tertiary/aromatic N) is 7. The number of benzene rings is 2. The summed E-state index contributed by atoms with van der Waals surface area (Å²) in [4.78, 5) is 70.8. The van der Waals surface area contributed by atoms with Crippen molar-refractivity contribution in [1.82, 2.24) is 30.6 Å². The standard InChI is InChI=1S/C41H41ClFN9O6/c42-30-15-27(4-1-23(30)20-44)58-26-5-2-24(3-6-26)45-37(54)32-7-9-35(48-47-32)51-21-41(22-51)18-25(19-41)49-11-13-50(14-12-49)34-17-29-28(16-31(34)43)39(56)52(40(29)57)33-8-10-36(53)46-38(33)55/h1,4,7,9,15-17,24-26,33H,2-3,5-6,8,10-14,18-19,21-22H2,(H,45,54)(H,46,53,55)/t24-,26-,33?. The molecule has 4 aliphatic heterocycles. The zero-order chi connectivity index (χ0) is 40.3. The lowest BCUT2D eigenvalue weighted by Gasteiger charge is -2.62. The van der Waals surface area contributed by atoms with E-state index in [1.165, 1.54) is 6.07 Å². The monoisotopic (exact) mass is 809 g/mol. The number of imide groups is 2. The van der Waals surface area contributed by atoms with Crippen molar-refractivity contribution in [2.75, 3.05) is 49.1 Å². The lowest BCUT2D eigenvalue weighted by atomic mass is 9.60. The van der Waals surface area contributed by atoms with Crippen molar-refractivity contribution in [1.29, 1.82) is 5.26 Å². The number of ether oxygens (including phenoxy) is 1. The number of hydrogen-bond acceptors (Lipinski definition) is 12. The summed E-state index contributed by atoms with van der Waals surface area (Å²) >= 11 is 6.14. The molecule has 2 saturated carbocycles. The Labute approximate surface area is 338 Å². The normalized spacial score (nSPS) is 24.5. The van der Waals surface area contributed by atoms with Crippen LogP contribution in [0.25, 0.3) is 0 Å². The molecule has 2 N–H and O–H groups in total. The van der Waals surface area contributed by atoms with Crippen molar-refractivity contribution >= 4 is 52.6 Å². The van der Waals surface area contributed by atoms with Crippen molar-refractivity contribution < 1.29 is 33.1 Å². The van der Waals surface area contributed by atoms with Gasteiger partial charge in [0.2, 0.25) is 11.8 Å². The summed E-state index contributed by atoms with van der Waals surface area (Å²) in [5, 5.41) is 23.3. The number of amides is 5. The highest BCUT2D eigenvalue weighted by Crippen LogP contribution is 2.51. The molecule has 3 saturated heterocycles. The fourth-order valence-electron chi connectivity index (χ4n) is 9.48. The molecule has 5 fully saturated rings. The SMILES string of the molecule is N#Cc1ccc(O[C@H]2CC[C@H](NC(=O)c3ccc(N4CC5(CC(N6CCN(c7cc8c(cc7F)C(=O)N(C7CCC(=O)NC7=O)C8=O)CC6)C5)C4)nn3)CC2)cc1Cl. The van der Waals surface area contributed by atoms with Gasteiger partial charge in [-0.1, -0.05) is 11.6 Å². The number of halogens is 2. The summed E-state index contributed by atoms with van der Waals surface area (Å²) in [6.07, 6.45) is 5.25. The Bertz CT molecular complexity index is 2240. The number of fused-ring (bicyclic) bond motifs is 1. The van der Waals surface area contributed by atoms with Crippen LogP contribution in [0.4, 0.5) is 15.9 Å². The number of carbonyl (C=O) groups is 5. The molecule has 5 heterocycles. The first-order valence-electron chi connectivity index (χ1n) is 19.8. The smallest absolute Gasteiger partial charge is 0.272 e. The highest BCUT2D eigenvalue weighted by molar-refractivity contribution is 6.31. The number of anilines is 2. The minimum Gasteiger partial charge on any atom is -0.490 e. The molecular formula is C41H41ClFN9O6. The summed E-state index contributed by atoms with van der Waals surface area (Å²) in [6.45, 7) is 4.32. The predicted octanol–water partition coefficient (Wildman–Crippen LogP) is 3.45. The quantitative estimate of drug-likeness (QED) is 0.317. The van der Waals surface area contributed by atoms with Gasteiger partial charge in [0.1, 0.15) is 23.7 Å². The second kappa shape index (κ2) is 14.9. The fourth-order valence-corrected chi connectivity index (χ4v) is 9.70. The largest absolute Gasteiger partial charge is 0.490 e. The topological polar surface area (TPSA) is 181 Å². The third kappa shape index (κ3) is 7.00. The number of piperazine rings is 1. The van der Waals surface area contributed by atoms with Crippen molar-refractivity contribution in [2.45, 2.75) is 75.6 Å². The van der Waals surface area contributed by atoms with Crippen molar-refractivity contribution in [2.24, 2.45) is 5.41 Å². The Kier molecular flexibility index (Phi) is 9.76. The van der Waals surface area contributed by atoms with Crippen molar-refractivity contribution in [3.05, 3.63) is 75.7 Å². The Morgan fingerprint density at radius 2 is 1.64 bits per heavy atom. The van der Waals surface area contributed by atoms with E-state index in [1.54, 1.807) is 24.3 Å². The first-order valence-corrected chi connectivity index (χ1v) is 20.2. The van der Waals surface area contributed by atoms with Gasteiger partial charge in [-0.2, -0.15) is 5.26 Å². The van der Waals surface area contributed by atoms with E-state index in [-0.39, 0.29) is 58.8 Å². The van der Waals surface area contributed by atoms with Crippen molar-refractivity contribution in [3.8, 4) is 11.8 Å². The van der Waals surface area contributed by atoms with E-state index in [0.717, 1.165) is 81.5 Å². The Morgan fingerprint density at radius 3 is 2.29 bits per heavy atom. The zero-order valence-corrected chi connectivity index (χ0v) is 32.3. The van der Waals surface area contributed by atoms with Crippen LogP contribution in [0.2, 0.25) is 5.02 Å². The summed E-state index contributed by atoms with van der Waals surface area (Å²) in [5.74, 6) is -2.00. The molecule has 1 atom stereocenters.